The van der Waals surface area contributed by atoms with E-state index >= 15 is 0 Å². The van der Waals surface area contributed by atoms with Crippen LogP contribution in [0.25, 0.3) is 0 Å². The Labute approximate surface area is 132 Å². The van der Waals surface area contributed by atoms with Crippen LogP contribution in [-0.4, -0.2) is 19.0 Å². The van der Waals surface area contributed by atoms with Crippen LogP contribution in [-0.2, 0) is 5.54 Å². The SMILES string of the molecule is CCCC(N)(c1ccccc1F)C(c1ccccc1)N(C)C. The van der Waals surface area contributed by atoms with Gasteiger partial charge in [0.05, 0.1) is 11.6 Å². The Morgan fingerprint density at radius 1 is 1.05 bits per heavy atom. The molecule has 0 fully saturated rings. The fourth-order valence-corrected chi connectivity index (χ4v) is 3.36. The number of rotatable bonds is 6. The molecule has 0 bridgehead atoms. The van der Waals surface area contributed by atoms with Crippen molar-refractivity contribution in [3.05, 3.63) is 71.5 Å². The maximum atomic E-state index is 14.4. The third-order valence-corrected chi connectivity index (χ3v) is 4.16. The number of nitrogens with zero attached hydrogens (tertiary/aromatic N) is 1. The van der Waals surface area contributed by atoms with Crippen LogP contribution in [0.2, 0.25) is 0 Å². The summed E-state index contributed by atoms with van der Waals surface area (Å²) in [6.07, 6.45) is 1.60. The van der Waals surface area contributed by atoms with Crippen LogP contribution in [0.3, 0.4) is 0 Å². The van der Waals surface area contributed by atoms with Gasteiger partial charge in [0.15, 0.2) is 0 Å². The zero-order valence-electron chi connectivity index (χ0n) is 13.6. The molecule has 0 amide bonds. The van der Waals surface area contributed by atoms with Gasteiger partial charge < -0.3 is 10.6 Å². The molecule has 22 heavy (non-hydrogen) atoms. The molecule has 2 nitrogen and oxygen atoms in total. The quantitative estimate of drug-likeness (QED) is 0.871. The number of likely N-dealkylation sites (N-methyl/N-ethyl adjacent to an activating group) is 1. The minimum absolute atomic E-state index is 0.0921. The lowest BCUT2D eigenvalue weighted by molar-refractivity contribution is 0.162. The average molecular weight is 300 g/mol. The average Bonchev–Trinajstić information content (AvgIpc) is 2.48. The first-order valence-electron chi connectivity index (χ1n) is 7.76. The summed E-state index contributed by atoms with van der Waals surface area (Å²) in [7, 11) is 3.99. The summed E-state index contributed by atoms with van der Waals surface area (Å²) in [5.41, 5.74) is 7.74. The van der Waals surface area contributed by atoms with Crippen LogP contribution in [0.15, 0.2) is 54.6 Å². The molecule has 0 aliphatic rings. The lowest BCUT2D eigenvalue weighted by Crippen LogP contribution is -2.48. The summed E-state index contributed by atoms with van der Waals surface area (Å²) in [6.45, 7) is 2.08. The normalized spacial score (nSPS) is 15.5. The molecule has 0 saturated heterocycles. The Balaban J connectivity index is 2.59. The van der Waals surface area contributed by atoms with Gasteiger partial charge in [-0.1, -0.05) is 61.9 Å². The van der Waals surface area contributed by atoms with Crippen LogP contribution >= 0.6 is 0 Å². The van der Waals surface area contributed by atoms with Crippen LogP contribution in [0, 0.1) is 5.82 Å². The van der Waals surface area contributed by atoms with E-state index in [0.29, 0.717) is 12.0 Å². The van der Waals surface area contributed by atoms with E-state index in [1.165, 1.54) is 6.07 Å². The maximum Gasteiger partial charge on any atom is 0.128 e. The van der Waals surface area contributed by atoms with E-state index < -0.39 is 5.54 Å². The van der Waals surface area contributed by atoms with Gasteiger partial charge in [-0.15, -0.1) is 0 Å². The molecule has 2 atom stereocenters. The Morgan fingerprint density at radius 3 is 2.18 bits per heavy atom. The van der Waals surface area contributed by atoms with E-state index in [2.05, 4.69) is 24.0 Å². The highest BCUT2D eigenvalue weighted by atomic mass is 19.1. The van der Waals surface area contributed by atoms with E-state index in [-0.39, 0.29) is 11.9 Å². The number of halogens is 1. The van der Waals surface area contributed by atoms with Crippen LogP contribution < -0.4 is 5.73 Å². The smallest absolute Gasteiger partial charge is 0.128 e. The summed E-state index contributed by atoms with van der Waals surface area (Å²) in [6, 6.07) is 16.9. The molecule has 3 heteroatoms. The van der Waals surface area contributed by atoms with Gasteiger partial charge in [-0.25, -0.2) is 4.39 Å². The summed E-state index contributed by atoms with van der Waals surface area (Å²) in [4.78, 5) is 2.08. The molecule has 0 spiro atoms. The monoisotopic (exact) mass is 300 g/mol. The van der Waals surface area contributed by atoms with E-state index in [9.17, 15) is 4.39 Å². The van der Waals surface area contributed by atoms with Gasteiger partial charge in [-0.05, 0) is 32.1 Å². The van der Waals surface area contributed by atoms with Crippen LogP contribution in [0.4, 0.5) is 4.39 Å². The second-order valence-electron chi connectivity index (χ2n) is 6.05. The van der Waals surface area contributed by atoms with E-state index in [1.54, 1.807) is 6.07 Å². The molecule has 0 aromatic heterocycles. The van der Waals surface area contributed by atoms with Crippen molar-refractivity contribution in [1.82, 2.24) is 4.90 Å². The van der Waals surface area contributed by atoms with Crippen molar-refractivity contribution in [3.8, 4) is 0 Å². The van der Waals surface area contributed by atoms with Crippen molar-refractivity contribution in [2.24, 2.45) is 5.73 Å². The van der Waals surface area contributed by atoms with Crippen molar-refractivity contribution < 1.29 is 4.39 Å². The van der Waals surface area contributed by atoms with Gasteiger partial charge in [-0.3, -0.25) is 0 Å². The molecule has 0 saturated carbocycles. The molecule has 118 valence electrons. The Hall–Kier alpha value is -1.71. The highest BCUT2D eigenvalue weighted by Gasteiger charge is 2.40. The molecule has 0 radical (unpaired) electrons. The fraction of sp³-hybridized carbons (Fsp3) is 0.368. The van der Waals surface area contributed by atoms with Crippen molar-refractivity contribution in [2.45, 2.75) is 31.3 Å². The Kier molecular flexibility index (Phi) is 5.33. The van der Waals surface area contributed by atoms with Crippen molar-refractivity contribution in [3.63, 3.8) is 0 Å². The van der Waals surface area contributed by atoms with Gasteiger partial charge in [0, 0.05) is 5.56 Å². The van der Waals surface area contributed by atoms with Gasteiger partial charge in [0.2, 0.25) is 0 Å². The molecule has 0 aliphatic heterocycles. The molecular formula is C19H25FN2. The molecule has 0 heterocycles. The lowest BCUT2D eigenvalue weighted by Gasteiger charge is -2.42. The highest BCUT2D eigenvalue weighted by molar-refractivity contribution is 5.33. The van der Waals surface area contributed by atoms with E-state index in [1.807, 2.05) is 44.4 Å². The third kappa shape index (κ3) is 3.21. The second-order valence-corrected chi connectivity index (χ2v) is 6.05. The zero-order valence-corrected chi connectivity index (χ0v) is 13.6. The molecule has 2 rings (SSSR count). The van der Waals surface area contributed by atoms with E-state index in [4.69, 9.17) is 5.73 Å². The van der Waals surface area contributed by atoms with Gasteiger partial charge in [0.25, 0.3) is 0 Å². The first-order valence-corrected chi connectivity index (χ1v) is 7.76. The first-order chi connectivity index (χ1) is 10.5. The zero-order chi connectivity index (χ0) is 16.2. The minimum atomic E-state index is -0.773. The number of nitrogens with two attached hydrogens (primary N) is 1. The molecule has 0 aliphatic carbocycles. The minimum Gasteiger partial charge on any atom is -0.320 e. The van der Waals surface area contributed by atoms with Crippen LogP contribution in [0.5, 0.6) is 0 Å². The predicted molar refractivity (Wildman–Crippen MR) is 90.0 cm³/mol. The van der Waals surface area contributed by atoms with Gasteiger partial charge >= 0.3 is 0 Å². The molecule has 2 N–H and O–H groups in total. The molecule has 2 aromatic carbocycles. The number of hydrogen-bond donors (Lipinski definition) is 1. The molecule has 2 unspecified atom stereocenters. The maximum absolute atomic E-state index is 14.4. The van der Waals surface area contributed by atoms with Crippen molar-refractivity contribution in [1.29, 1.82) is 0 Å². The summed E-state index contributed by atoms with van der Waals surface area (Å²) in [5, 5.41) is 0. The van der Waals surface area contributed by atoms with Gasteiger partial charge in [0.1, 0.15) is 5.82 Å². The van der Waals surface area contributed by atoms with Crippen LogP contribution in [0.1, 0.15) is 36.9 Å². The number of benzene rings is 2. The Bertz CT molecular complexity index is 597. The predicted octanol–water partition coefficient (Wildman–Crippen LogP) is 4.08. The second kappa shape index (κ2) is 7.03. The van der Waals surface area contributed by atoms with Crippen molar-refractivity contribution in [2.75, 3.05) is 14.1 Å². The molecular weight excluding hydrogens is 275 g/mol. The van der Waals surface area contributed by atoms with Gasteiger partial charge in [-0.2, -0.15) is 0 Å². The van der Waals surface area contributed by atoms with Crippen molar-refractivity contribution >= 4 is 0 Å². The Morgan fingerprint density at radius 2 is 1.64 bits per heavy atom. The topological polar surface area (TPSA) is 29.3 Å². The molecule has 2 aromatic rings. The standard InChI is InChI=1S/C19H25FN2/c1-4-14-19(21,16-12-8-9-13-17(16)20)18(22(2)3)15-10-6-5-7-11-15/h5-13,18H,4,14,21H2,1-3H3. The first kappa shape index (κ1) is 16.7. The summed E-state index contributed by atoms with van der Waals surface area (Å²) in [5.74, 6) is -0.235. The number of hydrogen-bond acceptors (Lipinski definition) is 2. The van der Waals surface area contributed by atoms with E-state index in [0.717, 1.165) is 12.0 Å². The summed E-state index contributed by atoms with van der Waals surface area (Å²) < 4.78 is 14.4. The fourth-order valence-electron chi connectivity index (χ4n) is 3.36. The largest absolute Gasteiger partial charge is 0.320 e. The third-order valence-electron chi connectivity index (χ3n) is 4.16. The summed E-state index contributed by atoms with van der Waals surface area (Å²) >= 11 is 0. The highest BCUT2D eigenvalue weighted by Crippen LogP contribution is 2.40. The lowest BCUT2D eigenvalue weighted by atomic mass is 9.76.